The Bertz CT molecular complexity index is 949. The summed E-state index contributed by atoms with van der Waals surface area (Å²) in [6.07, 6.45) is 0. The molecule has 0 N–H and O–H groups in total. The minimum atomic E-state index is -5.99. The van der Waals surface area contributed by atoms with Crippen LogP contribution in [0, 0.1) is 5.82 Å². The molecule has 0 atom stereocenters. The highest BCUT2D eigenvalue weighted by molar-refractivity contribution is 9.10. The van der Waals surface area contributed by atoms with Crippen LogP contribution in [-0.4, -0.2) is 50.2 Å². The predicted molar refractivity (Wildman–Crippen MR) is 85.8 cm³/mol. The third kappa shape index (κ3) is 3.69. The first-order valence-corrected chi connectivity index (χ1v) is 9.29. The molecular formula is C13H10BrF4N3O4S. The van der Waals surface area contributed by atoms with Gasteiger partial charge in [0.05, 0.1) is 24.1 Å². The second kappa shape index (κ2) is 6.78. The van der Waals surface area contributed by atoms with Gasteiger partial charge in [-0.2, -0.15) is 26.6 Å². The van der Waals surface area contributed by atoms with Crippen LogP contribution in [0.15, 0.2) is 16.6 Å². The highest BCUT2D eigenvalue weighted by Crippen LogP contribution is 2.34. The van der Waals surface area contributed by atoms with E-state index < -0.39 is 27.3 Å². The Hall–Kier alpha value is -1.73. The van der Waals surface area contributed by atoms with E-state index in [0.29, 0.717) is 26.3 Å². The molecule has 0 amide bonds. The molecule has 0 spiro atoms. The molecule has 0 radical (unpaired) electrons. The molecule has 1 aromatic heterocycles. The van der Waals surface area contributed by atoms with Crippen molar-refractivity contribution in [3.8, 4) is 5.88 Å². The zero-order valence-electron chi connectivity index (χ0n) is 12.8. The lowest BCUT2D eigenvalue weighted by atomic mass is 10.2. The lowest BCUT2D eigenvalue weighted by Crippen LogP contribution is -2.37. The van der Waals surface area contributed by atoms with Gasteiger partial charge >= 0.3 is 15.6 Å². The summed E-state index contributed by atoms with van der Waals surface area (Å²) < 4.78 is 83.9. The predicted octanol–water partition coefficient (Wildman–Crippen LogP) is 2.60. The molecule has 13 heteroatoms. The highest BCUT2D eigenvalue weighted by atomic mass is 79.9. The molecular weight excluding hydrogens is 450 g/mol. The van der Waals surface area contributed by atoms with Gasteiger partial charge in [0.15, 0.2) is 0 Å². The molecule has 0 bridgehead atoms. The number of hydrogen-bond acceptors (Lipinski definition) is 7. The van der Waals surface area contributed by atoms with Crippen LogP contribution >= 0.6 is 15.9 Å². The summed E-state index contributed by atoms with van der Waals surface area (Å²) in [5.74, 6) is -1.80. The van der Waals surface area contributed by atoms with Crippen molar-refractivity contribution < 1.29 is 34.9 Å². The summed E-state index contributed by atoms with van der Waals surface area (Å²) in [6, 6.07) is 1.84. The van der Waals surface area contributed by atoms with Gasteiger partial charge in [0, 0.05) is 17.6 Å². The summed E-state index contributed by atoms with van der Waals surface area (Å²) in [5, 5.41) is -0.318. The summed E-state index contributed by atoms with van der Waals surface area (Å²) in [7, 11) is -5.99. The van der Waals surface area contributed by atoms with Crippen molar-refractivity contribution in [1.29, 1.82) is 0 Å². The van der Waals surface area contributed by atoms with Crippen LogP contribution in [0.3, 0.4) is 0 Å². The number of aromatic nitrogens is 2. The first-order valence-electron chi connectivity index (χ1n) is 7.09. The maximum atomic E-state index is 13.7. The molecule has 1 aromatic carbocycles. The Morgan fingerprint density at radius 3 is 2.46 bits per heavy atom. The van der Waals surface area contributed by atoms with Crippen molar-refractivity contribution in [2.24, 2.45) is 0 Å². The lowest BCUT2D eigenvalue weighted by molar-refractivity contribution is -0.0500. The third-order valence-corrected chi connectivity index (χ3v) is 4.99. The second-order valence-electron chi connectivity index (χ2n) is 5.20. The van der Waals surface area contributed by atoms with E-state index in [0.717, 1.165) is 12.1 Å². The number of morpholine rings is 1. The summed E-state index contributed by atoms with van der Waals surface area (Å²) in [5.41, 5.74) is -5.65. The number of ether oxygens (including phenoxy) is 1. The molecule has 1 saturated heterocycles. The maximum Gasteiger partial charge on any atom is 0.534 e. The van der Waals surface area contributed by atoms with Gasteiger partial charge < -0.3 is 13.8 Å². The van der Waals surface area contributed by atoms with Crippen LogP contribution in [0.25, 0.3) is 10.9 Å². The van der Waals surface area contributed by atoms with E-state index in [-0.39, 0.29) is 21.3 Å². The Labute approximate surface area is 153 Å². The smallest absolute Gasteiger partial charge is 0.378 e. The van der Waals surface area contributed by atoms with Gasteiger partial charge in [0.2, 0.25) is 11.8 Å². The molecule has 2 heterocycles. The zero-order valence-corrected chi connectivity index (χ0v) is 15.2. The highest BCUT2D eigenvalue weighted by Gasteiger charge is 2.49. The number of rotatable bonds is 3. The van der Waals surface area contributed by atoms with Gasteiger partial charge in [-0.1, -0.05) is 0 Å². The first kappa shape index (κ1) is 19.0. The van der Waals surface area contributed by atoms with E-state index in [2.05, 4.69) is 30.1 Å². The number of hydrogen-bond donors (Lipinski definition) is 0. The topological polar surface area (TPSA) is 81.6 Å². The number of fused-ring (bicyclic) bond motifs is 1. The van der Waals surface area contributed by atoms with Gasteiger partial charge in [-0.05, 0) is 28.1 Å². The van der Waals surface area contributed by atoms with Crippen LogP contribution in [0.1, 0.15) is 0 Å². The molecule has 142 valence electrons. The van der Waals surface area contributed by atoms with E-state index in [1.807, 2.05) is 0 Å². The number of benzene rings is 1. The van der Waals surface area contributed by atoms with Crippen LogP contribution in [-0.2, 0) is 14.9 Å². The average molecular weight is 460 g/mol. The lowest BCUT2D eigenvalue weighted by Gasteiger charge is -2.27. The Morgan fingerprint density at radius 1 is 1.19 bits per heavy atom. The monoisotopic (exact) mass is 459 g/mol. The Morgan fingerprint density at radius 2 is 1.85 bits per heavy atom. The van der Waals surface area contributed by atoms with E-state index in [1.54, 1.807) is 4.90 Å². The van der Waals surface area contributed by atoms with Gasteiger partial charge in [-0.15, -0.1) is 0 Å². The average Bonchev–Trinajstić information content (AvgIpc) is 2.55. The zero-order chi connectivity index (χ0) is 19.1. The van der Waals surface area contributed by atoms with Crippen molar-refractivity contribution in [3.63, 3.8) is 0 Å². The van der Waals surface area contributed by atoms with Gasteiger partial charge in [-0.25, -0.2) is 9.37 Å². The Kier molecular flexibility index (Phi) is 4.96. The normalized spacial score (nSPS) is 16.1. The molecule has 3 rings (SSSR count). The van der Waals surface area contributed by atoms with E-state index in [4.69, 9.17) is 4.74 Å². The first-order chi connectivity index (χ1) is 12.1. The number of nitrogens with zero attached hydrogens (tertiary/aromatic N) is 3. The van der Waals surface area contributed by atoms with Crippen molar-refractivity contribution in [1.82, 2.24) is 9.97 Å². The summed E-state index contributed by atoms with van der Waals surface area (Å²) >= 11 is 3.06. The van der Waals surface area contributed by atoms with Crippen LogP contribution < -0.4 is 9.08 Å². The van der Waals surface area contributed by atoms with Crippen molar-refractivity contribution in [2.45, 2.75) is 5.51 Å². The van der Waals surface area contributed by atoms with Crippen LogP contribution in [0.2, 0.25) is 0 Å². The summed E-state index contributed by atoms with van der Waals surface area (Å²) in [4.78, 5) is 9.55. The van der Waals surface area contributed by atoms with Crippen molar-refractivity contribution >= 4 is 42.9 Å². The fourth-order valence-corrected chi connectivity index (χ4v) is 3.19. The largest absolute Gasteiger partial charge is 0.534 e. The van der Waals surface area contributed by atoms with E-state index in [1.165, 1.54) is 0 Å². The Balaban J connectivity index is 2.18. The minimum Gasteiger partial charge on any atom is -0.378 e. The van der Waals surface area contributed by atoms with E-state index >= 15 is 0 Å². The van der Waals surface area contributed by atoms with Crippen molar-refractivity contribution in [2.75, 3.05) is 31.2 Å². The van der Waals surface area contributed by atoms with E-state index in [9.17, 15) is 26.0 Å². The molecule has 7 nitrogen and oxygen atoms in total. The molecule has 1 aliphatic heterocycles. The molecule has 1 fully saturated rings. The second-order valence-corrected chi connectivity index (χ2v) is 7.59. The van der Waals surface area contributed by atoms with Gasteiger partial charge in [0.25, 0.3) is 0 Å². The summed E-state index contributed by atoms with van der Waals surface area (Å²) in [6.45, 7) is 1.36. The molecule has 2 aromatic rings. The fourth-order valence-electron chi connectivity index (χ4n) is 2.24. The fraction of sp³-hybridized carbons (Fsp3) is 0.385. The standard InChI is InChI=1S/C13H10BrF4N3O4S/c14-9-6-7(15)5-8-10(9)19-12(21-1-3-24-4-2-21)20-11(8)25-26(22,23)13(16,17)18/h5-6H,1-4H2. The molecule has 0 aliphatic carbocycles. The van der Waals surface area contributed by atoms with Crippen LogP contribution in [0.4, 0.5) is 23.5 Å². The molecule has 26 heavy (non-hydrogen) atoms. The number of halogens is 5. The number of alkyl halides is 3. The minimum absolute atomic E-state index is 0.00951. The third-order valence-electron chi connectivity index (χ3n) is 3.44. The molecule has 1 aliphatic rings. The van der Waals surface area contributed by atoms with Crippen molar-refractivity contribution in [3.05, 3.63) is 22.4 Å². The van der Waals surface area contributed by atoms with Gasteiger partial charge in [0.1, 0.15) is 5.82 Å². The molecule has 0 saturated carbocycles. The SMILES string of the molecule is O=S(=O)(Oc1nc(N2CCOCC2)nc2c(Br)cc(F)cc12)C(F)(F)F. The number of anilines is 1. The quantitative estimate of drug-likeness (QED) is 0.396. The van der Waals surface area contributed by atoms with Gasteiger partial charge in [-0.3, -0.25) is 0 Å². The van der Waals surface area contributed by atoms with Crippen LogP contribution in [0.5, 0.6) is 5.88 Å². The maximum absolute atomic E-state index is 13.7. The molecule has 0 unspecified atom stereocenters.